The van der Waals surface area contributed by atoms with Gasteiger partial charge in [-0.25, -0.2) is 4.79 Å². The molecule has 6 heteroatoms. The molecule has 0 radical (unpaired) electrons. The number of rotatable bonds is 9. The summed E-state index contributed by atoms with van der Waals surface area (Å²) in [6.45, 7) is 17.8. The zero-order chi connectivity index (χ0) is 30.6. The monoisotopic (exact) mass is 570 g/mol. The average molecular weight is 571 g/mol. The Labute approximate surface area is 251 Å². The predicted octanol–water partition coefficient (Wildman–Crippen LogP) is 7.12. The van der Waals surface area contributed by atoms with E-state index >= 15 is 0 Å². The Balaban J connectivity index is 0.000000235. The van der Waals surface area contributed by atoms with Crippen LogP contribution in [-0.2, 0) is 11.2 Å². The minimum absolute atomic E-state index is 0.000987. The number of amides is 1. The van der Waals surface area contributed by atoms with Gasteiger partial charge in [0.2, 0.25) is 0 Å². The Hall–Kier alpha value is -3.74. The molecule has 4 rings (SSSR count). The van der Waals surface area contributed by atoms with Gasteiger partial charge in [-0.05, 0) is 91.6 Å². The van der Waals surface area contributed by atoms with Gasteiger partial charge in [0.1, 0.15) is 0 Å². The number of nitrogens with one attached hydrogen (secondary N) is 1. The molecule has 0 atom stereocenters. The van der Waals surface area contributed by atoms with Gasteiger partial charge in [-0.3, -0.25) is 9.69 Å². The van der Waals surface area contributed by atoms with E-state index in [1.807, 2.05) is 42.5 Å². The minimum Gasteiger partial charge on any atom is -0.478 e. The van der Waals surface area contributed by atoms with Gasteiger partial charge >= 0.3 is 5.97 Å². The molecule has 0 unspecified atom stereocenters. The molecule has 1 amide bonds. The van der Waals surface area contributed by atoms with Gasteiger partial charge in [0.15, 0.2) is 0 Å². The van der Waals surface area contributed by atoms with Crippen LogP contribution in [0.4, 0.5) is 0 Å². The SMILES string of the molecule is CC(C)=C(C)c1cc(C(=O)NCCN2CCOCC2)ccc1C.CC(C)Cc1ccc(-c2ccccc2C(=O)O)cc1. The van der Waals surface area contributed by atoms with E-state index in [1.54, 1.807) is 12.1 Å². The second-order valence-corrected chi connectivity index (χ2v) is 11.5. The fourth-order valence-corrected chi connectivity index (χ4v) is 4.90. The quantitative estimate of drug-likeness (QED) is 0.286. The summed E-state index contributed by atoms with van der Waals surface area (Å²) >= 11 is 0. The number of aryl methyl sites for hydroxylation is 1. The summed E-state index contributed by atoms with van der Waals surface area (Å²) in [7, 11) is 0. The minimum atomic E-state index is -0.887. The molecule has 3 aromatic carbocycles. The number of carboxylic acids is 1. The molecule has 42 heavy (non-hydrogen) atoms. The van der Waals surface area contributed by atoms with Crippen molar-refractivity contribution in [2.24, 2.45) is 5.92 Å². The number of ether oxygens (including phenoxy) is 1. The lowest BCUT2D eigenvalue weighted by Gasteiger charge is -2.26. The number of nitrogens with zero attached hydrogens (tertiary/aromatic N) is 1. The lowest BCUT2D eigenvalue weighted by molar-refractivity contribution is 0.0383. The molecule has 0 bridgehead atoms. The second kappa shape index (κ2) is 16.0. The van der Waals surface area contributed by atoms with E-state index in [-0.39, 0.29) is 5.91 Å². The Bertz CT molecular complexity index is 1370. The summed E-state index contributed by atoms with van der Waals surface area (Å²) in [5.74, 6) is -0.264. The van der Waals surface area contributed by atoms with E-state index in [2.05, 4.69) is 63.9 Å². The largest absolute Gasteiger partial charge is 0.478 e. The number of benzene rings is 3. The van der Waals surface area contributed by atoms with Gasteiger partial charge in [0, 0.05) is 31.7 Å². The van der Waals surface area contributed by atoms with Crippen LogP contribution in [0.25, 0.3) is 16.7 Å². The van der Waals surface area contributed by atoms with Crippen molar-refractivity contribution < 1.29 is 19.4 Å². The molecule has 1 heterocycles. The van der Waals surface area contributed by atoms with E-state index in [4.69, 9.17) is 4.74 Å². The fraction of sp³-hybridized carbons (Fsp3) is 0.389. The van der Waals surface area contributed by atoms with Gasteiger partial charge in [-0.2, -0.15) is 0 Å². The Morgan fingerprint density at radius 3 is 2.21 bits per heavy atom. The third-order valence-corrected chi connectivity index (χ3v) is 7.54. The van der Waals surface area contributed by atoms with Crippen LogP contribution in [-0.4, -0.2) is 61.3 Å². The Kier molecular flexibility index (Phi) is 12.5. The van der Waals surface area contributed by atoms with Gasteiger partial charge in [-0.1, -0.05) is 68.0 Å². The number of carboxylic acid groups (broad SMARTS) is 1. The predicted molar refractivity (Wildman–Crippen MR) is 172 cm³/mol. The topological polar surface area (TPSA) is 78.9 Å². The standard InChI is InChI=1S/C19H28N2O2.C17H18O2/c1-14(2)16(4)18-13-17(6-5-15(18)3)19(22)20-7-8-21-9-11-23-12-10-21;1-12(2)11-13-7-9-14(10-8-13)15-5-3-4-6-16(15)17(18)19/h5-6,13H,7-12H2,1-4H3,(H,20,22);3-10,12H,11H2,1-2H3,(H,18,19). The van der Waals surface area contributed by atoms with Crippen LogP contribution in [0, 0.1) is 12.8 Å². The third-order valence-electron chi connectivity index (χ3n) is 7.54. The van der Waals surface area contributed by atoms with Crippen LogP contribution in [0.5, 0.6) is 0 Å². The normalized spacial score (nSPS) is 13.2. The second-order valence-electron chi connectivity index (χ2n) is 11.5. The number of carbonyl (C=O) groups excluding carboxylic acids is 1. The van der Waals surface area contributed by atoms with Crippen molar-refractivity contribution in [1.29, 1.82) is 0 Å². The van der Waals surface area contributed by atoms with Crippen LogP contribution < -0.4 is 5.32 Å². The molecule has 3 aromatic rings. The van der Waals surface area contributed by atoms with Crippen LogP contribution in [0.3, 0.4) is 0 Å². The number of hydrogen-bond acceptors (Lipinski definition) is 4. The number of carbonyl (C=O) groups is 2. The summed E-state index contributed by atoms with van der Waals surface area (Å²) in [6, 6.07) is 21.2. The maximum absolute atomic E-state index is 12.4. The molecule has 224 valence electrons. The first-order chi connectivity index (χ1) is 20.1. The van der Waals surface area contributed by atoms with E-state index < -0.39 is 5.97 Å². The molecule has 2 N–H and O–H groups in total. The molecule has 0 aliphatic carbocycles. The molecule has 1 aliphatic heterocycles. The Morgan fingerprint density at radius 1 is 0.929 bits per heavy atom. The number of allylic oxidation sites excluding steroid dienone is 2. The highest BCUT2D eigenvalue weighted by Crippen LogP contribution is 2.25. The lowest BCUT2D eigenvalue weighted by atomic mass is 9.96. The summed E-state index contributed by atoms with van der Waals surface area (Å²) in [6.07, 6.45) is 1.04. The van der Waals surface area contributed by atoms with Gasteiger partial charge in [0.05, 0.1) is 18.8 Å². The highest BCUT2D eigenvalue weighted by atomic mass is 16.5. The van der Waals surface area contributed by atoms with Crippen molar-refractivity contribution in [3.05, 3.63) is 100 Å². The average Bonchev–Trinajstić information content (AvgIpc) is 2.98. The van der Waals surface area contributed by atoms with Crippen LogP contribution in [0.1, 0.15) is 72.0 Å². The van der Waals surface area contributed by atoms with Crippen molar-refractivity contribution >= 4 is 17.4 Å². The third kappa shape index (κ3) is 9.68. The van der Waals surface area contributed by atoms with Gasteiger partial charge in [0.25, 0.3) is 5.91 Å². The van der Waals surface area contributed by atoms with Crippen molar-refractivity contribution in [3.63, 3.8) is 0 Å². The molecule has 1 saturated heterocycles. The fourth-order valence-electron chi connectivity index (χ4n) is 4.90. The highest BCUT2D eigenvalue weighted by Gasteiger charge is 2.13. The van der Waals surface area contributed by atoms with Gasteiger partial charge < -0.3 is 15.2 Å². The molecule has 1 fully saturated rings. The van der Waals surface area contributed by atoms with Crippen molar-refractivity contribution in [2.45, 2.75) is 48.0 Å². The maximum atomic E-state index is 12.4. The lowest BCUT2D eigenvalue weighted by Crippen LogP contribution is -2.41. The summed E-state index contributed by atoms with van der Waals surface area (Å²) < 4.78 is 5.33. The number of morpholine rings is 1. The molecular formula is C36H46N2O4. The summed E-state index contributed by atoms with van der Waals surface area (Å²) in [4.78, 5) is 25.9. The van der Waals surface area contributed by atoms with Crippen molar-refractivity contribution in [2.75, 3.05) is 39.4 Å². The number of aromatic carboxylic acids is 1. The van der Waals surface area contributed by atoms with E-state index in [1.165, 1.54) is 22.3 Å². The molecular weight excluding hydrogens is 524 g/mol. The number of hydrogen-bond donors (Lipinski definition) is 2. The van der Waals surface area contributed by atoms with Gasteiger partial charge in [-0.15, -0.1) is 0 Å². The van der Waals surface area contributed by atoms with Crippen molar-refractivity contribution in [3.8, 4) is 11.1 Å². The first-order valence-electron chi connectivity index (χ1n) is 14.8. The maximum Gasteiger partial charge on any atom is 0.336 e. The molecule has 0 spiro atoms. The highest BCUT2D eigenvalue weighted by molar-refractivity contribution is 5.96. The molecule has 0 aromatic heterocycles. The molecule has 6 nitrogen and oxygen atoms in total. The zero-order valence-electron chi connectivity index (χ0n) is 26.0. The summed E-state index contributed by atoms with van der Waals surface area (Å²) in [5.41, 5.74) is 8.96. The smallest absolute Gasteiger partial charge is 0.336 e. The molecule has 0 saturated carbocycles. The van der Waals surface area contributed by atoms with E-state index in [0.29, 0.717) is 18.0 Å². The Morgan fingerprint density at radius 2 is 1.60 bits per heavy atom. The zero-order valence-corrected chi connectivity index (χ0v) is 26.0. The van der Waals surface area contributed by atoms with E-state index in [9.17, 15) is 14.7 Å². The first-order valence-corrected chi connectivity index (χ1v) is 14.8. The molecule has 1 aliphatic rings. The van der Waals surface area contributed by atoms with Crippen LogP contribution in [0.15, 0.2) is 72.3 Å². The van der Waals surface area contributed by atoms with E-state index in [0.717, 1.165) is 61.5 Å². The van der Waals surface area contributed by atoms with Crippen molar-refractivity contribution in [1.82, 2.24) is 10.2 Å². The van der Waals surface area contributed by atoms with Crippen LogP contribution >= 0.6 is 0 Å². The van der Waals surface area contributed by atoms with Crippen LogP contribution in [0.2, 0.25) is 0 Å². The first kappa shape index (κ1) is 32.8. The summed E-state index contributed by atoms with van der Waals surface area (Å²) in [5, 5.41) is 12.2.